The Morgan fingerprint density at radius 2 is 2.23 bits per heavy atom. The fourth-order valence-electron chi connectivity index (χ4n) is 1.64. The van der Waals surface area contributed by atoms with Gasteiger partial charge in [-0.3, -0.25) is 4.90 Å². The van der Waals surface area contributed by atoms with Crippen molar-refractivity contribution in [3.05, 3.63) is 0 Å². The number of β-amino-alcohol motifs (C(OH)–C–C–N with tert-alkyl or cyclic N) is 2. The van der Waals surface area contributed by atoms with E-state index in [0.29, 0.717) is 19.0 Å². The normalized spacial score (nSPS) is 33.2. The standard InChI is InChI=1S/C9H19NO3/c1-7-2-3-10(5-9(7)13)4-8(12)6-11/h7-9,11-13H,2-6H2,1H3. The van der Waals surface area contributed by atoms with E-state index in [1.54, 1.807) is 0 Å². The lowest BCUT2D eigenvalue weighted by molar-refractivity contribution is -0.00249. The second kappa shape index (κ2) is 4.91. The highest BCUT2D eigenvalue weighted by Crippen LogP contribution is 2.16. The maximum Gasteiger partial charge on any atom is 0.0897 e. The van der Waals surface area contributed by atoms with Crippen LogP contribution in [0.5, 0.6) is 0 Å². The van der Waals surface area contributed by atoms with Crippen molar-refractivity contribution in [2.24, 2.45) is 5.92 Å². The molecule has 78 valence electrons. The minimum absolute atomic E-state index is 0.206. The highest BCUT2D eigenvalue weighted by atomic mass is 16.3. The van der Waals surface area contributed by atoms with E-state index >= 15 is 0 Å². The quantitative estimate of drug-likeness (QED) is 0.535. The van der Waals surface area contributed by atoms with Gasteiger partial charge >= 0.3 is 0 Å². The molecule has 0 amide bonds. The van der Waals surface area contributed by atoms with Crippen LogP contribution < -0.4 is 0 Å². The molecule has 0 radical (unpaired) electrons. The molecule has 0 bridgehead atoms. The zero-order valence-corrected chi connectivity index (χ0v) is 8.06. The van der Waals surface area contributed by atoms with Crippen molar-refractivity contribution in [2.75, 3.05) is 26.2 Å². The summed E-state index contributed by atoms with van der Waals surface area (Å²) in [6, 6.07) is 0. The van der Waals surface area contributed by atoms with Gasteiger partial charge in [0.2, 0.25) is 0 Å². The molecule has 1 rings (SSSR count). The summed E-state index contributed by atoms with van der Waals surface area (Å²) in [5.41, 5.74) is 0. The van der Waals surface area contributed by atoms with E-state index in [-0.39, 0.29) is 12.7 Å². The van der Waals surface area contributed by atoms with Gasteiger partial charge in [0.15, 0.2) is 0 Å². The summed E-state index contributed by atoms with van der Waals surface area (Å²) < 4.78 is 0. The van der Waals surface area contributed by atoms with Gasteiger partial charge in [0, 0.05) is 13.1 Å². The molecule has 0 spiro atoms. The van der Waals surface area contributed by atoms with Crippen molar-refractivity contribution in [3.8, 4) is 0 Å². The molecule has 3 atom stereocenters. The minimum atomic E-state index is -0.680. The number of piperidine rings is 1. The van der Waals surface area contributed by atoms with Crippen molar-refractivity contribution in [2.45, 2.75) is 25.6 Å². The predicted octanol–water partition coefficient (Wildman–Crippen LogP) is -0.958. The van der Waals surface area contributed by atoms with Crippen molar-refractivity contribution in [1.29, 1.82) is 0 Å². The fourth-order valence-corrected chi connectivity index (χ4v) is 1.64. The van der Waals surface area contributed by atoms with Gasteiger partial charge < -0.3 is 15.3 Å². The lowest BCUT2D eigenvalue weighted by Gasteiger charge is -2.34. The molecule has 1 aliphatic rings. The van der Waals surface area contributed by atoms with Crippen LogP contribution in [0.3, 0.4) is 0 Å². The van der Waals surface area contributed by atoms with Gasteiger partial charge in [-0.1, -0.05) is 6.92 Å². The highest BCUT2D eigenvalue weighted by Gasteiger charge is 2.24. The second-order valence-corrected chi connectivity index (χ2v) is 3.93. The number of nitrogens with zero attached hydrogens (tertiary/aromatic N) is 1. The number of hydrogen-bond donors (Lipinski definition) is 3. The first kappa shape index (κ1) is 10.9. The Labute approximate surface area is 78.8 Å². The fraction of sp³-hybridized carbons (Fsp3) is 1.00. The van der Waals surface area contributed by atoms with Crippen LogP contribution in [0.4, 0.5) is 0 Å². The highest BCUT2D eigenvalue weighted by molar-refractivity contribution is 4.78. The molecule has 3 N–H and O–H groups in total. The Balaban J connectivity index is 2.29. The molecule has 1 fully saturated rings. The van der Waals surface area contributed by atoms with Crippen molar-refractivity contribution < 1.29 is 15.3 Å². The van der Waals surface area contributed by atoms with Crippen LogP contribution in [0.15, 0.2) is 0 Å². The average molecular weight is 189 g/mol. The molecule has 1 saturated heterocycles. The molecule has 0 saturated carbocycles. The molecule has 0 aromatic carbocycles. The molecule has 0 aromatic rings. The Bertz CT molecular complexity index is 152. The number of likely N-dealkylation sites (tertiary alicyclic amines) is 1. The van der Waals surface area contributed by atoms with Gasteiger partial charge in [-0.15, -0.1) is 0 Å². The molecule has 4 nitrogen and oxygen atoms in total. The molecule has 0 aromatic heterocycles. The van der Waals surface area contributed by atoms with E-state index < -0.39 is 6.10 Å². The number of aliphatic hydroxyl groups is 3. The Hall–Kier alpha value is -0.160. The molecule has 0 aliphatic carbocycles. The van der Waals surface area contributed by atoms with Crippen LogP contribution >= 0.6 is 0 Å². The lowest BCUT2D eigenvalue weighted by atomic mass is 9.96. The summed E-state index contributed by atoms with van der Waals surface area (Å²) in [5.74, 6) is 0.350. The maximum absolute atomic E-state index is 9.55. The SMILES string of the molecule is CC1CCN(CC(O)CO)CC1O. The summed E-state index contributed by atoms with van der Waals surface area (Å²) in [6.07, 6.45) is -0.0143. The maximum atomic E-state index is 9.55. The van der Waals surface area contributed by atoms with Crippen LogP contribution in [0.2, 0.25) is 0 Å². The van der Waals surface area contributed by atoms with Gasteiger partial charge in [0.05, 0.1) is 18.8 Å². The first-order valence-corrected chi connectivity index (χ1v) is 4.82. The first-order chi connectivity index (χ1) is 6.13. The number of rotatable bonds is 3. The number of hydrogen-bond acceptors (Lipinski definition) is 4. The smallest absolute Gasteiger partial charge is 0.0897 e. The molecule has 1 aliphatic heterocycles. The zero-order valence-electron chi connectivity index (χ0n) is 8.06. The minimum Gasteiger partial charge on any atom is -0.394 e. The van der Waals surface area contributed by atoms with E-state index in [4.69, 9.17) is 5.11 Å². The Morgan fingerprint density at radius 3 is 2.77 bits per heavy atom. The third-order valence-corrected chi connectivity index (χ3v) is 2.68. The van der Waals surface area contributed by atoms with Crippen LogP contribution in [-0.4, -0.2) is 58.7 Å². The van der Waals surface area contributed by atoms with E-state index in [1.807, 2.05) is 11.8 Å². The molecule has 13 heavy (non-hydrogen) atoms. The second-order valence-electron chi connectivity index (χ2n) is 3.93. The van der Waals surface area contributed by atoms with Gasteiger partial charge in [0.25, 0.3) is 0 Å². The largest absolute Gasteiger partial charge is 0.394 e. The topological polar surface area (TPSA) is 63.9 Å². The van der Waals surface area contributed by atoms with E-state index in [0.717, 1.165) is 13.0 Å². The molecular weight excluding hydrogens is 170 g/mol. The summed E-state index contributed by atoms with van der Waals surface area (Å²) in [6.45, 7) is 3.79. The van der Waals surface area contributed by atoms with E-state index in [2.05, 4.69) is 0 Å². The van der Waals surface area contributed by atoms with Crippen molar-refractivity contribution in [1.82, 2.24) is 4.90 Å². The summed E-state index contributed by atoms with van der Waals surface area (Å²) in [5, 5.41) is 27.4. The third kappa shape index (κ3) is 3.23. The van der Waals surface area contributed by atoms with Crippen LogP contribution in [0, 0.1) is 5.92 Å². The zero-order chi connectivity index (χ0) is 9.84. The lowest BCUT2D eigenvalue weighted by Crippen LogP contribution is -2.46. The third-order valence-electron chi connectivity index (χ3n) is 2.68. The predicted molar refractivity (Wildman–Crippen MR) is 49.3 cm³/mol. The summed E-state index contributed by atoms with van der Waals surface area (Å²) in [7, 11) is 0. The van der Waals surface area contributed by atoms with Gasteiger partial charge in [0.1, 0.15) is 0 Å². The molecular formula is C9H19NO3. The van der Waals surface area contributed by atoms with E-state index in [1.165, 1.54) is 0 Å². The average Bonchev–Trinajstić information content (AvgIpc) is 2.11. The van der Waals surface area contributed by atoms with Crippen molar-refractivity contribution in [3.63, 3.8) is 0 Å². The van der Waals surface area contributed by atoms with Crippen LogP contribution in [0.25, 0.3) is 0 Å². The number of aliphatic hydroxyl groups excluding tert-OH is 3. The summed E-state index contributed by atoms with van der Waals surface area (Å²) >= 11 is 0. The van der Waals surface area contributed by atoms with Gasteiger partial charge in [-0.2, -0.15) is 0 Å². The van der Waals surface area contributed by atoms with Crippen LogP contribution in [0.1, 0.15) is 13.3 Å². The molecule has 1 heterocycles. The van der Waals surface area contributed by atoms with Crippen LogP contribution in [-0.2, 0) is 0 Å². The van der Waals surface area contributed by atoms with Gasteiger partial charge in [-0.25, -0.2) is 0 Å². The first-order valence-electron chi connectivity index (χ1n) is 4.82. The Kier molecular flexibility index (Phi) is 4.12. The van der Waals surface area contributed by atoms with Crippen molar-refractivity contribution >= 4 is 0 Å². The molecule has 4 heteroatoms. The summed E-state index contributed by atoms with van der Waals surface area (Å²) in [4.78, 5) is 1.99. The van der Waals surface area contributed by atoms with Gasteiger partial charge in [-0.05, 0) is 18.9 Å². The molecule has 3 unspecified atom stereocenters. The monoisotopic (exact) mass is 189 g/mol. The Morgan fingerprint density at radius 1 is 1.54 bits per heavy atom. The van der Waals surface area contributed by atoms with E-state index in [9.17, 15) is 10.2 Å².